The van der Waals surface area contributed by atoms with Gasteiger partial charge in [0.1, 0.15) is 30.2 Å². The van der Waals surface area contributed by atoms with E-state index < -0.39 is 90.3 Å². The molecule has 1 aliphatic rings. The van der Waals surface area contributed by atoms with Crippen molar-refractivity contribution in [2.24, 2.45) is 11.7 Å². The summed E-state index contributed by atoms with van der Waals surface area (Å²) in [6.45, 7) is 4.97. The molecule has 3 rings (SSSR count). The van der Waals surface area contributed by atoms with E-state index in [-0.39, 0.29) is 38.1 Å². The molecule has 52 heavy (non-hydrogen) atoms. The molecule has 2 aromatic rings. The molecule has 5 amide bonds. The van der Waals surface area contributed by atoms with Gasteiger partial charge in [-0.25, -0.2) is 9.78 Å². The average molecular weight is 729 g/mol. The highest BCUT2D eigenvalue weighted by Crippen LogP contribution is 2.21. The Bertz CT molecular complexity index is 1550. The summed E-state index contributed by atoms with van der Waals surface area (Å²) in [5.41, 5.74) is 7.39. The molecule has 7 atom stereocenters. The van der Waals surface area contributed by atoms with Crippen LogP contribution in [-0.4, -0.2) is 121 Å². The van der Waals surface area contributed by atoms with Crippen molar-refractivity contribution in [3.8, 4) is 0 Å². The monoisotopic (exact) mass is 728 g/mol. The summed E-state index contributed by atoms with van der Waals surface area (Å²) >= 11 is 0. The summed E-state index contributed by atoms with van der Waals surface area (Å²) in [6.07, 6.45) is 1.42. The molecule has 18 heteroatoms. The molecular weight excluding hydrogens is 680 g/mol. The number of aliphatic hydroxyl groups excluding tert-OH is 1. The van der Waals surface area contributed by atoms with Crippen LogP contribution in [0.25, 0.3) is 0 Å². The van der Waals surface area contributed by atoms with Crippen LogP contribution in [0.4, 0.5) is 0 Å². The Morgan fingerprint density at radius 2 is 1.58 bits per heavy atom. The molecule has 2 heterocycles. The van der Waals surface area contributed by atoms with Crippen LogP contribution < -0.4 is 27.0 Å². The molecule has 1 aromatic carbocycles. The number of carboxylic acid groups (broad SMARTS) is 2. The zero-order valence-electron chi connectivity index (χ0n) is 29.3. The molecule has 0 spiro atoms. The number of carbonyl (C=O) groups is 7. The van der Waals surface area contributed by atoms with Gasteiger partial charge in [-0.15, -0.1) is 0 Å². The third kappa shape index (κ3) is 12.2. The number of H-pyrrole nitrogens is 1. The largest absolute Gasteiger partial charge is 0.481 e. The van der Waals surface area contributed by atoms with E-state index in [9.17, 15) is 43.8 Å². The summed E-state index contributed by atoms with van der Waals surface area (Å²) in [4.78, 5) is 98.0. The molecule has 0 radical (unpaired) electrons. The van der Waals surface area contributed by atoms with E-state index in [0.717, 1.165) is 0 Å². The van der Waals surface area contributed by atoms with E-state index in [0.29, 0.717) is 17.7 Å². The number of nitrogens with one attached hydrogen (secondary N) is 5. The summed E-state index contributed by atoms with van der Waals surface area (Å²) in [6, 6.07) is 0.891. The average Bonchev–Trinajstić information content (AvgIpc) is 3.78. The van der Waals surface area contributed by atoms with Crippen molar-refractivity contribution in [2.75, 3.05) is 6.54 Å². The molecule has 10 N–H and O–H groups in total. The number of aromatic amines is 1. The standard InChI is InChI=1S/C34H48N8O10/c1-18(2)12-24(33(50)42-11-7-10-26(42)31(48)40-25(34(51)52)15-27(44)45)39-32(49)28(19(3)43)41-30(47)23(13-20-8-5-4-6-9-20)38-29(46)22(35)14-21-16-36-17-37-21/h4-6,8-9,16-19,22-26,28,43H,7,10-15,35H2,1-3H3,(H,36,37)(H,38,46)(H,39,49)(H,40,48)(H,41,47)(H,44,45)(H,51,52)/t19-,22+,23+,24+,25+,26+,28+/m1/s1. The molecule has 1 aromatic heterocycles. The minimum absolute atomic E-state index is 0.0193. The maximum absolute atomic E-state index is 13.9. The fraction of sp³-hybridized carbons (Fsp3) is 0.529. The van der Waals surface area contributed by atoms with Crippen molar-refractivity contribution in [1.82, 2.24) is 36.1 Å². The number of nitrogens with two attached hydrogens (primary N) is 1. The normalized spacial score (nSPS) is 17.6. The predicted octanol–water partition coefficient (Wildman–Crippen LogP) is -1.56. The van der Waals surface area contributed by atoms with Gasteiger partial charge >= 0.3 is 11.9 Å². The van der Waals surface area contributed by atoms with Gasteiger partial charge in [-0.1, -0.05) is 44.2 Å². The third-order valence-corrected chi connectivity index (χ3v) is 8.46. The van der Waals surface area contributed by atoms with Crippen LogP contribution in [0.15, 0.2) is 42.9 Å². The molecule has 284 valence electrons. The van der Waals surface area contributed by atoms with Crippen LogP contribution in [0.5, 0.6) is 0 Å². The molecule has 1 fully saturated rings. The minimum atomic E-state index is -1.72. The second kappa shape index (κ2) is 19.3. The van der Waals surface area contributed by atoms with E-state index in [2.05, 4.69) is 31.2 Å². The lowest BCUT2D eigenvalue weighted by atomic mass is 10.0. The SMILES string of the molecule is CC(C)C[C@H](NC(=O)[C@@H](NC(=O)[C@H](Cc1ccccc1)NC(=O)[C@@H](N)Cc1cnc[nH]1)[C@@H](C)O)C(=O)N1CCC[C@H]1C(=O)N[C@@H](CC(=O)O)C(=O)O. The van der Waals surface area contributed by atoms with Crippen LogP contribution in [0.1, 0.15) is 57.7 Å². The third-order valence-electron chi connectivity index (χ3n) is 8.46. The number of hydrogen-bond donors (Lipinski definition) is 9. The number of likely N-dealkylation sites (tertiary alicyclic amines) is 1. The van der Waals surface area contributed by atoms with Gasteiger partial charge in [-0.05, 0) is 37.7 Å². The second-order valence-corrected chi connectivity index (χ2v) is 13.2. The van der Waals surface area contributed by atoms with Crippen LogP contribution in [0.3, 0.4) is 0 Å². The summed E-state index contributed by atoms with van der Waals surface area (Å²) < 4.78 is 0. The Labute approximate surface area is 300 Å². The molecular formula is C34H48N8O10. The highest BCUT2D eigenvalue weighted by Gasteiger charge is 2.40. The number of benzene rings is 1. The predicted molar refractivity (Wildman–Crippen MR) is 184 cm³/mol. The van der Waals surface area contributed by atoms with Gasteiger partial charge in [-0.2, -0.15) is 0 Å². The number of aromatic nitrogens is 2. The number of carboxylic acids is 2. The molecule has 0 aliphatic carbocycles. The smallest absolute Gasteiger partial charge is 0.326 e. The Morgan fingerprint density at radius 3 is 2.15 bits per heavy atom. The van der Waals surface area contributed by atoms with E-state index in [1.165, 1.54) is 24.3 Å². The fourth-order valence-electron chi connectivity index (χ4n) is 5.82. The van der Waals surface area contributed by atoms with Crippen molar-refractivity contribution in [3.63, 3.8) is 0 Å². The quantitative estimate of drug-likeness (QED) is 0.0794. The molecule has 1 aliphatic heterocycles. The first-order valence-corrected chi connectivity index (χ1v) is 17.0. The first-order chi connectivity index (χ1) is 24.6. The van der Waals surface area contributed by atoms with Crippen LogP contribution in [0.2, 0.25) is 0 Å². The highest BCUT2D eigenvalue weighted by molar-refractivity contribution is 5.97. The van der Waals surface area contributed by atoms with Gasteiger partial charge in [0.15, 0.2) is 0 Å². The summed E-state index contributed by atoms with van der Waals surface area (Å²) in [5.74, 6) is -6.99. The van der Waals surface area contributed by atoms with Crippen LogP contribution in [0, 0.1) is 5.92 Å². The van der Waals surface area contributed by atoms with Gasteiger partial charge in [0.2, 0.25) is 29.5 Å². The lowest BCUT2D eigenvalue weighted by Crippen LogP contribution is -2.61. The van der Waals surface area contributed by atoms with Gasteiger partial charge in [-0.3, -0.25) is 28.8 Å². The maximum atomic E-state index is 13.9. The van der Waals surface area contributed by atoms with Crippen molar-refractivity contribution >= 4 is 41.5 Å². The Morgan fingerprint density at radius 1 is 0.904 bits per heavy atom. The zero-order chi connectivity index (χ0) is 38.5. The first-order valence-electron chi connectivity index (χ1n) is 17.0. The number of nitrogens with zero attached hydrogens (tertiary/aromatic N) is 2. The Kier molecular flexibility index (Phi) is 15.2. The number of carbonyl (C=O) groups excluding carboxylic acids is 5. The summed E-state index contributed by atoms with van der Waals surface area (Å²) in [7, 11) is 0. The minimum Gasteiger partial charge on any atom is -0.481 e. The topological polar surface area (TPSA) is 286 Å². The van der Waals surface area contributed by atoms with Crippen molar-refractivity contribution in [1.29, 1.82) is 0 Å². The number of amides is 5. The summed E-state index contributed by atoms with van der Waals surface area (Å²) in [5, 5.41) is 39.0. The maximum Gasteiger partial charge on any atom is 0.326 e. The lowest BCUT2D eigenvalue weighted by molar-refractivity contribution is -0.148. The van der Waals surface area contributed by atoms with E-state index >= 15 is 0 Å². The Balaban J connectivity index is 1.77. The first kappa shape index (κ1) is 41.1. The van der Waals surface area contributed by atoms with Crippen molar-refractivity contribution in [2.45, 2.75) is 102 Å². The van der Waals surface area contributed by atoms with E-state index in [4.69, 9.17) is 10.8 Å². The number of rotatable bonds is 19. The number of imidazole rings is 1. The number of aliphatic carboxylic acids is 2. The van der Waals surface area contributed by atoms with E-state index in [1.807, 2.05) is 0 Å². The highest BCUT2D eigenvalue weighted by atomic mass is 16.4. The number of aliphatic hydroxyl groups is 1. The van der Waals surface area contributed by atoms with Gasteiger partial charge < -0.3 is 52.2 Å². The van der Waals surface area contributed by atoms with E-state index in [1.54, 1.807) is 44.2 Å². The fourth-order valence-corrected chi connectivity index (χ4v) is 5.82. The van der Waals surface area contributed by atoms with Crippen molar-refractivity contribution in [3.05, 3.63) is 54.1 Å². The Hall–Kier alpha value is -5.36. The molecule has 0 bridgehead atoms. The van der Waals surface area contributed by atoms with Gasteiger partial charge in [0.25, 0.3) is 0 Å². The van der Waals surface area contributed by atoms with Gasteiger partial charge in [0, 0.05) is 31.3 Å². The second-order valence-electron chi connectivity index (χ2n) is 13.2. The van der Waals surface area contributed by atoms with Crippen LogP contribution in [-0.2, 0) is 46.4 Å². The molecule has 0 saturated carbocycles. The molecule has 1 saturated heterocycles. The zero-order valence-corrected chi connectivity index (χ0v) is 29.3. The molecule has 18 nitrogen and oxygen atoms in total. The van der Waals surface area contributed by atoms with Gasteiger partial charge in [0.05, 0.1) is 24.9 Å². The van der Waals surface area contributed by atoms with Crippen molar-refractivity contribution < 1.29 is 48.9 Å². The lowest BCUT2D eigenvalue weighted by Gasteiger charge is -2.31. The molecule has 0 unspecified atom stereocenters. The number of hydrogen-bond acceptors (Lipinski definition) is 10. The van der Waals surface area contributed by atoms with Crippen LogP contribution >= 0.6 is 0 Å².